The smallest absolute Gasteiger partial charge is 0.229 e. The van der Waals surface area contributed by atoms with Crippen LogP contribution in [0, 0.1) is 17.1 Å². The summed E-state index contributed by atoms with van der Waals surface area (Å²) in [4.78, 5) is 4.15. The minimum absolute atomic E-state index is 0.0127. The van der Waals surface area contributed by atoms with Gasteiger partial charge < -0.3 is 4.18 Å². The first-order valence-corrected chi connectivity index (χ1v) is 7.49. The summed E-state index contributed by atoms with van der Waals surface area (Å²) in [6.45, 7) is 0. The van der Waals surface area contributed by atoms with Crippen LogP contribution in [0.25, 0.3) is 10.9 Å². The van der Waals surface area contributed by atoms with E-state index in [9.17, 15) is 4.39 Å². The van der Waals surface area contributed by atoms with Crippen LogP contribution >= 0.6 is 30.4 Å². The van der Waals surface area contributed by atoms with Gasteiger partial charge in [0.25, 0.3) is 0 Å². The molecule has 1 aromatic carbocycles. The lowest BCUT2D eigenvalue weighted by Gasteiger charge is -2.03. The Labute approximate surface area is 107 Å². The molecule has 0 bridgehead atoms. The maximum atomic E-state index is 13.3. The molecule has 0 saturated heterocycles. The number of hydrogen-bond donors (Lipinski definition) is 0. The summed E-state index contributed by atoms with van der Waals surface area (Å²) in [7, 11) is 1.14. The molecule has 0 aliphatic heterocycles. The van der Waals surface area contributed by atoms with Crippen molar-refractivity contribution in [3.05, 3.63) is 35.6 Å². The van der Waals surface area contributed by atoms with Crippen molar-refractivity contribution in [3.8, 4) is 11.9 Å². The van der Waals surface area contributed by atoms with Crippen LogP contribution in [0.2, 0.25) is 0 Å². The second-order valence-electron chi connectivity index (χ2n) is 2.90. The summed E-state index contributed by atoms with van der Waals surface area (Å²) in [6.07, 6.45) is 0. The lowest BCUT2D eigenvalue weighted by Crippen LogP contribution is -1.90. The molecule has 0 saturated carbocycles. The Balaban J connectivity index is 2.65. The summed E-state index contributed by atoms with van der Waals surface area (Å²) in [5, 5.41) is 9.33. The van der Waals surface area contributed by atoms with Crippen molar-refractivity contribution in [1.29, 1.82) is 5.26 Å². The Morgan fingerprint density at radius 1 is 1.38 bits per heavy atom. The van der Waals surface area contributed by atoms with Gasteiger partial charge in [0.1, 0.15) is 21.1 Å². The van der Waals surface area contributed by atoms with Crippen LogP contribution in [0.4, 0.5) is 4.39 Å². The molecule has 0 fully saturated rings. The van der Waals surface area contributed by atoms with Crippen molar-refractivity contribution < 1.29 is 8.57 Å². The SMILES string of the molecule is N#Cc1c(F)ccc2nc(OSI)ccc12. The molecule has 80 valence electrons. The molecule has 1 aromatic heterocycles. The van der Waals surface area contributed by atoms with Crippen LogP contribution in [0.15, 0.2) is 24.3 Å². The van der Waals surface area contributed by atoms with E-state index in [1.807, 2.05) is 27.3 Å². The number of halogens is 2. The molecule has 0 aliphatic rings. The lowest BCUT2D eigenvalue weighted by molar-refractivity contribution is 0.623. The quantitative estimate of drug-likeness (QED) is 0.616. The Morgan fingerprint density at radius 2 is 2.19 bits per heavy atom. The summed E-state index contributed by atoms with van der Waals surface area (Å²) < 4.78 is 18.4. The van der Waals surface area contributed by atoms with Gasteiger partial charge in [-0.05, 0) is 18.2 Å². The Morgan fingerprint density at radius 3 is 2.88 bits per heavy atom. The van der Waals surface area contributed by atoms with Crippen LogP contribution in [-0.4, -0.2) is 4.98 Å². The fraction of sp³-hybridized carbons (Fsp3) is 0. The molecule has 0 radical (unpaired) electrons. The summed E-state index contributed by atoms with van der Waals surface area (Å²) in [6, 6.07) is 7.82. The van der Waals surface area contributed by atoms with Gasteiger partial charge >= 0.3 is 0 Å². The molecule has 0 atom stereocenters. The van der Waals surface area contributed by atoms with E-state index < -0.39 is 5.82 Å². The number of pyridine rings is 1. The zero-order valence-corrected chi connectivity index (χ0v) is 10.8. The van der Waals surface area contributed by atoms with Crippen LogP contribution in [-0.2, 0) is 0 Å². The first-order chi connectivity index (χ1) is 7.76. The first kappa shape index (κ1) is 11.4. The number of nitrogens with zero attached hydrogens (tertiary/aromatic N) is 2. The maximum absolute atomic E-state index is 13.3. The number of rotatable bonds is 2. The molecule has 6 heteroatoms. The zero-order chi connectivity index (χ0) is 11.5. The highest BCUT2D eigenvalue weighted by Crippen LogP contribution is 2.25. The van der Waals surface area contributed by atoms with Crippen LogP contribution in [0.5, 0.6) is 5.88 Å². The molecule has 16 heavy (non-hydrogen) atoms. The topological polar surface area (TPSA) is 45.9 Å². The highest BCUT2D eigenvalue weighted by molar-refractivity contribution is 14.2. The molecule has 0 N–H and O–H groups in total. The normalized spacial score (nSPS) is 10.1. The number of aromatic nitrogens is 1. The highest BCUT2D eigenvalue weighted by Gasteiger charge is 2.08. The average molecular weight is 346 g/mol. The largest absolute Gasteiger partial charge is 0.395 e. The van der Waals surface area contributed by atoms with E-state index in [1.54, 1.807) is 12.1 Å². The van der Waals surface area contributed by atoms with Gasteiger partial charge in [-0.3, -0.25) is 0 Å². The third-order valence-electron chi connectivity index (χ3n) is 2.02. The monoisotopic (exact) mass is 346 g/mol. The predicted octanol–water partition coefficient (Wildman–Crippen LogP) is 3.62. The summed E-state index contributed by atoms with van der Waals surface area (Å²) in [5.74, 6) is -0.101. The summed E-state index contributed by atoms with van der Waals surface area (Å²) in [5.41, 5.74) is 0.555. The second-order valence-corrected chi connectivity index (χ2v) is 4.27. The molecule has 0 amide bonds. The standard InChI is InChI=1S/C10H4FIN2OS/c11-8-2-3-9-6(7(8)5-13)1-4-10(14-9)15-16-12/h1-4H. The Hall–Kier alpha value is -1.07. The second kappa shape index (κ2) is 4.84. The molecule has 0 aliphatic carbocycles. The molecule has 3 nitrogen and oxygen atoms in total. The van der Waals surface area contributed by atoms with Gasteiger partial charge in [-0.2, -0.15) is 5.26 Å². The van der Waals surface area contributed by atoms with E-state index in [2.05, 4.69) is 4.98 Å². The predicted molar refractivity (Wildman–Crippen MR) is 68.7 cm³/mol. The number of nitriles is 1. The van der Waals surface area contributed by atoms with Crippen molar-refractivity contribution in [1.82, 2.24) is 4.98 Å². The van der Waals surface area contributed by atoms with Crippen LogP contribution in [0.3, 0.4) is 0 Å². The number of fused-ring (bicyclic) bond motifs is 1. The Bertz CT molecular complexity index is 585. The molecular formula is C10H4FIN2OS. The molecule has 2 rings (SSSR count). The number of hydrogen-bond acceptors (Lipinski definition) is 4. The molecule has 1 heterocycles. The van der Waals surface area contributed by atoms with E-state index in [0.29, 0.717) is 16.8 Å². The fourth-order valence-electron chi connectivity index (χ4n) is 1.35. The van der Waals surface area contributed by atoms with E-state index in [0.717, 1.165) is 9.21 Å². The van der Waals surface area contributed by atoms with Gasteiger partial charge in [0, 0.05) is 32.7 Å². The third kappa shape index (κ3) is 2.05. The van der Waals surface area contributed by atoms with Crippen LogP contribution < -0.4 is 4.18 Å². The molecule has 0 unspecified atom stereocenters. The van der Waals surface area contributed by atoms with Gasteiger partial charge in [0.15, 0.2) is 0 Å². The fourth-order valence-corrected chi connectivity index (χ4v) is 2.06. The minimum atomic E-state index is -0.534. The third-order valence-corrected chi connectivity index (χ3v) is 2.80. The highest BCUT2D eigenvalue weighted by atomic mass is 127. The van der Waals surface area contributed by atoms with Crippen molar-refractivity contribution in [2.24, 2.45) is 0 Å². The first-order valence-electron chi connectivity index (χ1n) is 4.21. The summed E-state index contributed by atoms with van der Waals surface area (Å²) >= 11 is 1.98. The average Bonchev–Trinajstić information content (AvgIpc) is 2.30. The van der Waals surface area contributed by atoms with E-state index in [1.165, 1.54) is 12.1 Å². The van der Waals surface area contributed by atoms with Crippen molar-refractivity contribution in [2.45, 2.75) is 0 Å². The lowest BCUT2D eigenvalue weighted by atomic mass is 10.1. The van der Waals surface area contributed by atoms with Gasteiger partial charge in [0.2, 0.25) is 5.88 Å². The van der Waals surface area contributed by atoms with Gasteiger partial charge in [-0.25, -0.2) is 9.37 Å². The Kier molecular flexibility index (Phi) is 3.46. The van der Waals surface area contributed by atoms with Gasteiger partial charge in [-0.15, -0.1) is 0 Å². The van der Waals surface area contributed by atoms with Crippen molar-refractivity contribution in [2.75, 3.05) is 0 Å². The van der Waals surface area contributed by atoms with Crippen molar-refractivity contribution in [3.63, 3.8) is 0 Å². The zero-order valence-electron chi connectivity index (χ0n) is 7.78. The number of benzene rings is 1. The maximum Gasteiger partial charge on any atom is 0.229 e. The molecule has 0 spiro atoms. The van der Waals surface area contributed by atoms with Crippen LogP contribution in [0.1, 0.15) is 5.56 Å². The van der Waals surface area contributed by atoms with Gasteiger partial charge in [-0.1, -0.05) is 0 Å². The van der Waals surface area contributed by atoms with Crippen molar-refractivity contribution >= 4 is 41.3 Å². The molecule has 2 aromatic rings. The van der Waals surface area contributed by atoms with Gasteiger partial charge in [0.05, 0.1) is 11.1 Å². The minimum Gasteiger partial charge on any atom is -0.395 e. The van der Waals surface area contributed by atoms with E-state index in [4.69, 9.17) is 9.44 Å². The van der Waals surface area contributed by atoms with E-state index >= 15 is 0 Å². The molecular weight excluding hydrogens is 342 g/mol. The van der Waals surface area contributed by atoms with E-state index in [-0.39, 0.29) is 5.56 Å².